The minimum atomic E-state index is -0.991. The second kappa shape index (κ2) is 6.64. The van der Waals surface area contributed by atoms with Gasteiger partial charge in [-0.1, -0.05) is 41.4 Å². The third-order valence-corrected chi connectivity index (χ3v) is 3.77. The van der Waals surface area contributed by atoms with E-state index in [1.165, 1.54) is 0 Å². The van der Waals surface area contributed by atoms with Crippen molar-refractivity contribution in [3.8, 4) is 5.75 Å². The zero-order valence-corrected chi connectivity index (χ0v) is 12.7. The standard InChI is InChI=1S/C17H17ClO3/c1-11-6-8-14(9-7-11)21-16(17(19)20)10-13-4-3-5-15(18)12(13)2/h3-9,16H,10H2,1-2H3,(H,19,20). The minimum Gasteiger partial charge on any atom is -0.478 e. The molecule has 0 bridgehead atoms. The second-order valence-corrected chi connectivity index (χ2v) is 5.39. The van der Waals surface area contributed by atoms with Crippen LogP contribution in [0.15, 0.2) is 42.5 Å². The van der Waals surface area contributed by atoms with Gasteiger partial charge < -0.3 is 9.84 Å². The molecule has 3 nitrogen and oxygen atoms in total. The molecule has 110 valence electrons. The highest BCUT2D eigenvalue weighted by Crippen LogP contribution is 2.22. The molecule has 0 saturated heterocycles. The molecular formula is C17H17ClO3. The summed E-state index contributed by atoms with van der Waals surface area (Å²) in [5, 5.41) is 9.98. The molecule has 2 aromatic carbocycles. The van der Waals surface area contributed by atoms with Gasteiger partial charge in [-0.2, -0.15) is 0 Å². The van der Waals surface area contributed by atoms with Gasteiger partial charge in [0.1, 0.15) is 5.75 Å². The van der Waals surface area contributed by atoms with E-state index in [1.54, 1.807) is 18.2 Å². The molecular weight excluding hydrogens is 288 g/mol. The van der Waals surface area contributed by atoms with Gasteiger partial charge in [0.05, 0.1) is 0 Å². The SMILES string of the molecule is Cc1ccc(OC(Cc2cccc(Cl)c2C)C(=O)O)cc1. The Morgan fingerprint density at radius 2 is 1.86 bits per heavy atom. The third-order valence-electron chi connectivity index (χ3n) is 3.36. The summed E-state index contributed by atoms with van der Waals surface area (Å²) in [6.45, 7) is 3.84. The van der Waals surface area contributed by atoms with Crippen LogP contribution in [0.2, 0.25) is 5.02 Å². The first-order valence-corrected chi connectivity index (χ1v) is 7.05. The first kappa shape index (κ1) is 15.4. The van der Waals surface area contributed by atoms with E-state index in [2.05, 4.69) is 0 Å². The number of aliphatic carboxylic acids is 1. The molecule has 0 aliphatic carbocycles. The molecule has 1 N–H and O–H groups in total. The predicted octanol–water partition coefficient (Wildman–Crippen LogP) is 4.03. The third kappa shape index (κ3) is 3.99. The zero-order valence-electron chi connectivity index (χ0n) is 12.0. The number of carboxylic acid groups (broad SMARTS) is 1. The van der Waals surface area contributed by atoms with Gasteiger partial charge in [-0.25, -0.2) is 4.79 Å². The van der Waals surface area contributed by atoms with Crippen molar-refractivity contribution in [2.24, 2.45) is 0 Å². The molecule has 0 amide bonds. The zero-order chi connectivity index (χ0) is 15.4. The molecule has 0 aromatic heterocycles. The van der Waals surface area contributed by atoms with Crippen LogP contribution in [-0.2, 0) is 11.2 Å². The van der Waals surface area contributed by atoms with Gasteiger partial charge in [0.15, 0.2) is 6.10 Å². The van der Waals surface area contributed by atoms with Crippen LogP contribution in [0.1, 0.15) is 16.7 Å². The lowest BCUT2D eigenvalue weighted by Gasteiger charge is -2.17. The quantitative estimate of drug-likeness (QED) is 0.907. The largest absolute Gasteiger partial charge is 0.478 e. The Bertz CT molecular complexity index is 635. The smallest absolute Gasteiger partial charge is 0.345 e. The number of rotatable bonds is 5. The van der Waals surface area contributed by atoms with E-state index < -0.39 is 12.1 Å². The lowest BCUT2D eigenvalue weighted by molar-refractivity contribution is -0.145. The van der Waals surface area contributed by atoms with Crippen molar-refractivity contribution in [2.75, 3.05) is 0 Å². The number of aryl methyl sites for hydroxylation is 1. The van der Waals surface area contributed by atoms with E-state index in [0.29, 0.717) is 10.8 Å². The Morgan fingerprint density at radius 3 is 2.48 bits per heavy atom. The lowest BCUT2D eigenvalue weighted by atomic mass is 10.0. The summed E-state index contributed by atoms with van der Waals surface area (Å²) < 4.78 is 5.59. The highest BCUT2D eigenvalue weighted by molar-refractivity contribution is 6.31. The van der Waals surface area contributed by atoms with Gasteiger partial charge in [-0.05, 0) is 43.2 Å². The lowest BCUT2D eigenvalue weighted by Crippen LogP contribution is -2.29. The monoisotopic (exact) mass is 304 g/mol. The average molecular weight is 305 g/mol. The Labute approximate surface area is 129 Å². The number of carboxylic acids is 1. The van der Waals surface area contributed by atoms with Crippen molar-refractivity contribution in [3.05, 3.63) is 64.2 Å². The van der Waals surface area contributed by atoms with E-state index >= 15 is 0 Å². The summed E-state index contributed by atoms with van der Waals surface area (Å²) >= 11 is 6.07. The van der Waals surface area contributed by atoms with E-state index in [-0.39, 0.29) is 6.42 Å². The van der Waals surface area contributed by atoms with Crippen LogP contribution in [0.5, 0.6) is 5.75 Å². The topological polar surface area (TPSA) is 46.5 Å². The van der Waals surface area contributed by atoms with Gasteiger partial charge in [0.25, 0.3) is 0 Å². The number of hydrogen-bond acceptors (Lipinski definition) is 2. The first-order valence-electron chi connectivity index (χ1n) is 6.67. The van der Waals surface area contributed by atoms with E-state index in [1.807, 2.05) is 38.1 Å². The van der Waals surface area contributed by atoms with Crippen molar-refractivity contribution in [3.63, 3.8) is 0 Å². The molecule has 4 heteroatoms. The molecule has 0 radical (unpaired) electrons. The van der Waals surface area contributed by atoms with Gasteiger partial charge in [-0.3, -0.25) is 0 Å². The maximum Gasteiger partial charge on any atom is 0.345 e. The molecule has 1 atom stereocenters. The number of halogens is 1. The number of hydrogen-bond donors (Lipinski definition) is 1. The summed E-state index contributed by atoms with van der Waals surface area (Å²) in [7, 11) is 0. The molecule has 2 aromatic rings. The van der Waals surface area contributed by atoms with Gasteiger partial charge in [0.2, 0.25) is 0 Å². The molecule has 0 saturated carbocycles. The fraction of sp³-hybridized carbons (Fsp3) is 0.235. The number of carbonyl (C=O) groups is 1. The van der Waals surface area contributed by atoms with Crippen LogP contribution < -0.4 is 4.74 Å². The maximum absolute atomic E-state index is 11.4. The Morgan fingerprint density at radius 1 is 1.19 bits per heavy atom. The molecule has 1 unspecified atom stereocenters. The summed E-state index contributed by atoms with van der Waals surface area (Å²) in [5.41, 5.74) is 2.86. The van der Waals surface area contributed by atoms with Crippen LogP contribution in [0.3, 0.4) is 0 Å². The normalized spacial score (nSPS) is 12.0. The van der Waals surface area contributed by atoms with Crippen LogP contribution in [0, 0.1) is 13.8 Å². The number of benzene rings is 2. The number of ether oxygens (including phenoxy) is 1. The Kier molecular flexibility index (Phi) is 4.86. The van der Waals surface area contributed by atoms with Crippen molar-refractivity contribution in [1.82, 2.24) is 0 Å². The van der Waals surface area contributed by atoms with Gasteiger partial charge in [0, 0.05) is 11.4 Å². The summed E-state index contributed by atoms with van der Waals surface area (Å²) in [6, 6.07) is 12.8. The van der Waals surface area contributed by atoms with Crippen molar-refractivity contribution < 1.29 is 14.6 Å². The van der Waals surface area contributed by atoms with E-state index in [9.17, 15) is 9.90 Å². The van der Waals surface area contributed by atoms with Gasteiger partial charge >= 0.3 is 5.97 Å². The second-order valence-electron chi connectivity index (χ2n) is 4.99. The summed E-state index contributed by atoms with van der Waals surface area (Å²) in [5.74, 6) is -0.442. The Balaban J connectivity index is 2.18. The van der Waals surface area contributed by atoms with Crippen LogP contribution in [-0.4, -0.2) is 17.2 Å². The highest BCUT2D eigenvalue weighted by Gasteiger charge is 2.21. The Hall–Kier alpha value is -2.00. The van der Waals surface area contributed by atoms with Crippen LogP contribution >= 0.6 is 11.6 Å². The maximum atomic E-state index is 11.4. The molecule has 0 fully saturated rings. The van der Waals surface area contributed by atoms with E-state index in [0.717, 1.165) is 16.7 Å². The highest BCUT2D eigenvalue weighted by atomic mass is 35.5. The van der Waals surface area contributed by atoms with E-state index in [4.69, 9.17) is 16.3 Å². The van der Waals surface area contributed by atoms with Crippen LogP contribution in [0.25, 0.3) is 0 Å². The predicted molar refractivity (Wildman–Crippen MR) is 83.1 cm³/mol. The average Bonchev–Trinajstić information content (AvgIpc) is 2.45. The molecule has 2 rings (SSSR count). The molecule has 0 heterocycles. The fourth-order valence-corrected chi connectivity index (χ4v) is 2.23. The van der Waals surface area contributed by atoms with Crippen molar-refractivity contribution in [1.29, 1.82) is 0 Å². The summed E-state index contributed by atoms with van der Waals surface area (Å²) in [4.78, 5) is 11.4. The van der Waals surface area contributed by atoms with Crippen molar-refractivity contribution >= 4 is 17.6 Å². The van der Waals surface area contributed by atoms with Crippen LogP contribution in [0.4, 0.5) is 0 Å². The first-order chi connectivity index (χ1) is 9.97. The fourth-order valence-electron chi connectivity index (χ4n) is 2.03. The molecule has 21 heavy (non-hydrogen) atoms. The van der Waals surface area contributed by atoms with Gasteiger partial charge in [-0.15, -0.1) is 0 Å². The minimum absolute atomic E-state index is 0.273. The molecule has 0 aliphatic heterocycles. The van der Waals surface area contributed by atoms with Crippen molar-refractivity contribution in [2.45, 2.75) is 26.4 Å². The molecule has 0 aliphatic rings. The summed E-state index contributed by atoms with van der Waals surface area (Å²) in [6.07, 6.45) is -0.667. The molecule has 0 spiro atoms.